The smallest absolute Gasteiger partial charge is 0.270 e. The summed E-state index contributed by atoms with van der Waals surface area (Å²) in [4.78, 5) is 12.8. The number of hydrogen-bond acceptors (Lipinski definition) is 6. The molecule has 1 aliphatic heterocycles. The van der Waals surface area contributed by atoms with Crippen LogP contribution < -0.4 is 11.1 Å². The number of anilines is 1. The van der Waals surface area contributed by atoms with Gasteiger partial charge in [-0.25, -0.2) is 0 Å². The quantitative estimate of drug-likeness (QED) is 0.677. The van der Waals surface area contributed by atoms with Gasteiger partial charge < -0.3 is 15.8 Å². The van der Waals surface area contributed by atoms with Crippen molar-refractivity contribution < 1.29 is 9.53 Å². The van der Waals surface area contributed by atoms with Crippen LogP contribution in [0.25, 0.3) is 20.5 Å². The molecule has 1 atom stereocenters. The predicted octanol–water partition coefficient (Wildman–Crippen LogP) is 3.42. The number of nitrogens with two attached hydrogens (primary N) is 1. The number of nitrogens with one attached hydrogen (secondary N) is 1. The molecule has 0 aliphatic carbocycles. The summed E-state index contributed by atoms with van der Waals surface area (Å²) in [5.41, 5.74) is 6.75. The molecule has 4 rings (SSSR count). The Morgan fingerprint density at radius 3 is 2.80 bits per heavy atom. The highest BCUT2D eigenvalue weighted by Gasteiger charge is 2.21. The molecule has 8 heteroatoms. The number of amides is 1. The van der Waals surface area contributed by atoms with Gasteiger partial charge in [0, 0.05) is 21.3 Å². The number of thiophene rings is 1. The average Bonchev–Trinajstić information content (AvgIpc) is 3.25. The van der Waals surface area contributed by atoms with Gasteiger partial charge >= 0.3 is 0 Å². The van der Waals surface area contributed by atoms with E-state index in [0.29, 0.717) is 12.4 Å². The van der Waals surface area contributed by atoms with Crippen molar-refractivity contribution in [1.82, 2.24) is 10.2 Å². The standard InChI is InChI=1S/C17H15BrN4O2S/c18-10-3-1-9(2-4-10)13-7-12-15(25-13)14(16(19)23)21-22-17(12)20-11-5-6-24-8-11/h1-4,7,11H,5-6,8H2,(H2,19,23)(H,20,22). The fourth-order valence-electron chi connectivity index (χ4n) is 2.81. The molecular weight excluding hydrogens is 404 g/mol. The van der Waals surface area contributed by atoms with Crippen LogP contribution in [0.3, 0.4) is 0 Å². The van der Waals surface area contributed by atoms with E-state index in [0.717, 1.165) is 38.0 Å². The van der Waals surface area contributed by atoms with E-state index in [1.807, 2.05) is 30.3 Å². The van der Waals surface area contributed by atoms with E-state index < -0.39 is 5.91 Å². The number of hydrogen-bond donors (Lipinski definition) is 2. The van der Waals surface area contributed by atoms with Crippen LogP contribution in [0.2, 0.25) is 0 Å². The van der Waals surface area contributed by atoms with Crippen molar-refractivity contribution in [2.75, 3.05) is 18.5 Å². The molecular formula is C17H15BrN4O2S. The van der Waals surface area contributed by atoms with Crippen LogP contribution in [-0.2, 0) is 4.74 Å². The minimum Gasteiger partial charge on any atom is -0.379 e. The molecule has 0 saturated carbocycles. The van der Waals surface area contributed by atoms with E-state index in [4.69, 9.17) is 10.5 Å². The van der Waals surface area contributed by atoms with Crippen LogP contribution in [0.4, 0.5) is 5.82 Å². The lowest BCUT2D eigenvalue weighted by atomic mass is 10.1. The van der Waals surface area contributed by atoms with Gasteiger partial charge in [0.15, 0.2) is 11.5 Å². The summed E-state index contributed by atoms with van der Waals surface area (Å²) < 4.78 is 7.17. The molecule has 1 aromatic carbocycles. The molecule has 3 aromatic rings. The minimum absolute atomic E-state index is 0.202. The summed E-state index contributed by atoms with van der Waals surface area (Å²) in [6, 6.07) is 10.3. The number of primary amides is 1. The van der Waals surface area contributed by atoms with Crippen molar-refractivity contribution in [3.63, 3.8) is 0 Å². The number of fused-ring (bicyclic) bond motifs is 1. The summed E-state index contributed by atoms with van der Waals surface area (Å²) in [6.07, 6.45) is 0.921. The molecule has 25 heavy (non-hydrogen) atoms. The first-order valence-corrected chi connectivity index (χ1v) is 9.43. The van der Waals surface area contributed by atoms with E-state index in [2.05, 4.69) is 31.4 Å². The molecule has 1 fully saturated rings. The second-order valence-electron chi connectivity index (χ2n) is 5.83. The van der Waals surface area contributed by atoms with Crippen LogP contribution in [0.15, 0.2) is 34.8 Å². The molecule has 0 spiro atoms. The third kappa shape index (κ3) is 3.24. The zero-order valence-electron chi connectivity index (χ0n) is 13.2. The molecule has 1 saturated heterocycles. The van der Waals surface area contributed by atoms with E-state index >= 15 is 0 Å². The van der Waals surface area contributed by atoms with Crippen LogP contribution >= 0.6 is 27.3 Å². The van der Waals surface area contributed by atoms with Gasteiger partial charge in [-0.15, -0.1) is 21.5 Å². The monoisotopic (exact) mass is 418 g/mol. The van der Waals surface area contributed by atoms with Gasteiger partial charge in [-0.3, -0.25) is 4.79 Å². The van der Waals surface area contributed by atoms with Gasteiger partial charge in [-0.2, -0.15) is 0 Å². The third-order valence-corrected chi connectivity index (χ3v) is 5.80. The van der Waals surface area contributed by atoms with Gasteiger partial charge in [-0.1, -0.05) is 28.1 Å². The van der Waals surface area contributed by atoms with E-state index in [9.17, 15) is 4.79 Å². The molecule has 1 unspecified atom stereocenters. The minimum atomic E-state index is -0.572. The summed E-state index contributed by atoms with van der Waals surface area (Å²) in [5, 5.41) is 12.5. The molecule has 1 amide bonds. The molecule has 3 heterocycles. The first-order valence-electron chi connectivity index (χ1n) is 7.82. The molecule has 6 nitrogen and oxygen atoms in total. The van der Waals surface area contributed by atoms with E-state index in [-0.39, 0.29) is 11.7 Å². The van der Waals surface area contributed by atoms with Crippen LogP contribution in [0.1, 0.15) is 16.9 Å². The first kappa shape index (κ1) is 16.4. The topological polar surface area (TPSA) is 90.1 Å². The van der Waals surface area contributed by atoms with Gasteiger partial charge in [-0.05, 0) is 30.2 Å². The van der Waals surface area contributed by atoms with Gasteiger partial charge in [0.2, 0.25) is 0 Å². The Morgan fingerprint density at radius 1 is 1.32 bits per heavy atom. The maximum absolute atomic E-state index is 11.7. The predicted molar refractivity (Wildman–Crippen MR) is 102 cm³/mol. The second-order valence-corrected chi connectivity index (χ2v) is 7.79. The molecule has 2 aromatic heterocycles. The van der Waals surface area contributed by atoms with Gasteiger partial charge in [0.25, 0.3) is 5.91 Å². The van der Waals surface area contributed by atoms with Crippen molar-refractivity contribution >= 4 is 49.1 Å². The lowest BCUT2D eigenvalue weighted by Crippen LogP contribution is -2.21. The van der Waals surface area contributed by atoms with Crippen molar-refractivity contribution in [2.24, 2.45) is 5.73 Å². The largest absolute Gasteiger partial charge is 0.379 e. The highest BCUT2D eigenvalue weighted by Crippen LogP contribution is 2.38. The van der Waals surface area contributed by atoms with Crippen molar-refractivity contribution in [3.05, 3.63) is 40.5 Å². The summed E-state index contributed by atoms with van der Waals surface area (Å²) >= 11 is 4.94. The molecule has 0 radical (unpaired) electrons. The number of carbonyl (C=O) groups excluding carboxylic acids is 1. The van der Waals surface area contributed by atoms with E-state index in [1.165, 1.54) is 11.3 Å². The number of halogens is 1. The van der Waals surface area contributed by atoms with Crippen LogP contribution in [0.5, 0.6) is 0 Å². The molecule has 1 aliphatic rings. The SMILES string of the molecule is NC(=O)c1nnc(NC2CCOC2)c2cc(-c3ccc(Br)cc3)sc12. The van der Waals surface area contributed by atoms with Crippen LogP contribution in [-0.4, -0.2) is 35.4 Å². The number of nitrogens with zero attached hydrogens (tertiary/aromatic N) is 2. The van der Waals surface area contributed by atoms with Gasteiger partial charge in [0.05, 0.1) is 17.3 Å². The Balaban J connectivity index is 1.82. The Morgan fingerprint density at radius 2 is 2.12 bits per heavy atom. The fraction of sp³-hybridized carbons (Fsp3) is 0.235. The Bertz CT molecular complexity index is 936. The number of benzene rings is 1. The lowest BCUT2D eigenvalue weighted by molar-refractivity contribution is 0.0996. The Kier molecular flexibility index (Phi) is 4.41. The number of rotatable bonds is 4. The van der Waals surface area contributed by atoms with Gasteiger partial charge in [0.1, 0.15) is 0 Å². The zero-order chi connectivity index (χ0) is 17.4. The maximum atomic E-state index is 11.7. The third-order valence-electron chi connectivity index (χ3n) is 4.08. The van der Waals surface area contributed by atoms with Crippen molar-refractivity contribution in [1.29, 1.82) is 0 Å². The lowest BCUT2D eigenvalue weighted by Gasteiger charge is -2.11. The van der Waals surface area contributed by atoms with Crippen molar-refractivity contribution in [3.8, 4) is 10.4 Å². The second kappa shape index (κ2) is 6.70. The van der Waals surface area contributed by atoms with Crippen LogP contribution in [0, 0.1) is 0 Å². The zero-order valence-corrected chi connectivity index (χ0v) is 15.6. The number of aromatic nitrogens is 2. The number of ether oxygens (including phenoxy) is 1. The molecule has 128 valence electrons. The average molecular weight is 419 g/mol. The Labute approximate surface area is 156 Å². The highest BCUT2D eigenvalue weighted by atomic mass is 79.9. The Hall–Kier alpha value is -2.03. The van der Waals surface area contributed by atoms with Crippen molar-refractivity contribution in [2.45, 2.75) is 12.5 Å². The fourth-order valence-corrected chi connectivity index (χ4v) is 4.23. The molecule has 3 N–H and O–H groups in total. The summed E-state index contributed by atoms with van der Waals surface area (Å²) in [6.45, 7) is 1.38. The number of carbonyl (C=O) groups is 1. The summed E-state index contributed by atoms with van der Waals surface area (Å²) in [7, 11) is 0. The molecule has 0 bridgehead atoms. The normalized spacial score (nSPS) is 17.1. The van der Waals surface area contributed by atoms with E-state index in [1.54, 1.807) is 0 Å². The summed E-state index contributed by atoms with van der Waals surface area (Å²) in [5.74, 6) is 0.0903. The highest BCUT2D eigenvalue weighted by molar-refractivity contribution is 9.10. The maximum Gasteiger partial charge on any atom is 0.270 e. The first-order chi connectivity index (χ1) is 12.1.